The molecule has 1 fully saturated rings. The van der Waals surface area contributed by atoms with E-state index in [0.29, 0.717) is 29.7 Å². The van der Waals surface area contributed by atoms with Gasteiger partial charge in [-0.05, 0) is 81.6 Å². The molecule has 6 heteroatoms. The van der Waals surface area contributed by atoms with Crippen LogP contribution in [-0.4, -0.2) is 47.5 Å². The van der Waals surface area contributed by atoms with Gasteiger partial charge in [-0.25, -0.2) is 4.39 Å². The minimum Gasteiger partial charge on any atom is -0.508 e. The predicted octanol–water partition coefficient (Wildman–Crippen LogP) is 6.36. The Bertz CT molecular complexity index is 1010. The van der Waals surface area contributed by atoms with Crippen LogP contribution >= 0.6 is 0 Å². The maximum atomic E-state index is 13.4. The number of aromatic hydroxyl groups is 2. The predicted molar refractivity (Wildman–Crippen MR) is 137 cm³/mol. The molecule has 0 aliphatic carbocycles. The van der Waals surface area contributed by atoms with Crippen LogP contribution in [-0.2, 0) is 0 Å². The Hall–Kier alpha value is -3.25. The van der Waals surface area contributed by atoms with Crippen LogP contribution in [0, 0.1) is 5.82 Å². The van der Waals surface area contributed by atoms with Gasteiger partial charge in [-0.2, -0.15) is 0 Å². The van der Waals surface area contributed by atoms with E-state index in [9.17, 15) is 4.39 Å². The zero-order chi connectivity index (χ0) is 25.0. The van der Waals surface area contributed by atoms with Crippen molar-refractivity contribution in [3.8, 4) is 23.0 Å². The van der Waals surface area contributed by atoms with Crippen LogP contribution in [0.3, 0.4) is 0 Å². The van der Waals surface area contributed by atoms with Crippen LogP contribution in [0.15, 0.2) is 72.8 Å². The monoisotopic (exact) mass is 481 g/mol. The van der Waals surface area contributed by atoms with Gasteiger partial charge in [0.25, 0.3) is 0 Å². The number of phenols is 2. The highest BCUT2D eigenvalue weighted by Crippen LogP contribution is 2.38. The first-order valence-corrected chi connectivity index (χ1v) is 12.3. The summed E-state index contributed by atoms with van der Waals surface area (Å²) in [6.45, 7) is 8.07. The second kappa shape index (κ2) is 13.6. The molecule has 0 spiro atoms. The first-order chi connectivity index (χ1) is 17.0. The molecule has 2 N–H and O–H groups in total. The lowest BCUT2D eigenvalue weighted by atomic mass is 9.94. The molecular formula is C29H36FNO4. The van der Waals surface area contributed by atoms with Gasteiger partial charge in [-0.3, -0.25) is 4.90 Å². The lowest BCUT2D eigenvalue weighted by Gasteiger charge is -2.23. The zero-order valence-corrected chi connectivity index (χ0v) is 20.6. The van der Waals surface area contributed by atoms with E-state index in [4.69, 9.17) is 19.7 Å². The molecule has 0 radical (unpaired) electrons. The van der Waals surface area contributed by atoms with E-state index >= 15 is 0 Å². The van der Waals surface area contributed by atoms with Crippen molar-refractivity contribution in [3.63, 3.8) is 0 Å². The van der Waals surface area contributed by atoms with Gasteiger partial charge in [0.05, 0.1) is 6.61 Å². The molecule has 2 aliphatic heterocycles. The molecule has 5 nitrogen and oxygen atoms in total. The third kappa shape index (κ3) is 8.18. The minimum atomic E-state index is -0.537. The van der Waals surface area contributed by atoms with E-state index < -0.39 is 5.82 Å². The van der Waals surface area contributed by atoms with Crippen LogP contribution in [0.1, 0.15) is 44.6 Å². The van der Waals surface area contributed by atoms with Gasteiger partial charge in [-0.15, -0.1) is 0 Å². The summed E-state index contributed by atoms with van der Waals surface area (Å²) in [5, 5.41) is 17.8. The summed E-state index contributed by atoms with van der Waals surface area (Å²) >= 11 is 0. The number of phenolic OH excluding ortho intramolecular Hbond substituents is 2. The highest BCUT2D eigenvalue weighted by Gasteiger charge is 2.23. The largest absolute Gasteiger partial charge is 0.508 e. The Morgan fingerprint density at radius 3 is 2.20 bits per heavy atom. The van der Waals surface area contributed by atoms with Gasteiger partial charge in [0, 0.05) is 11.6 Å². The molecule has 188 valence electrons. The summed E-state index contributed by atoms with van der Waals surface area (Å²) in [7, 11) is 0. The van der Waals surface area contributed by atoms with Gasteiger partial charge in [-0.1, -0.05) is 43.3 Å². The van der Waals surface area contributed by atoms with Crippen molar-refractivity contribution >= 4 is 0 Å². The fourth-order valence-corrected chi connectivity index (χ4v) is 4.09. The molecule has 1 saturated heterocycles. The van der Waals surface area contributed by atoms with Crippen molar-refractivity contribution in [2.24, 2.45) is 0 Å². The fourth-order valence-electron chi connectivity index (χ4n) is 4.09. The Morgan fingerprint density at radius 2 is 1.60 bits per heavy atom. The summed E-state index contributed by atoms with van der Waals surface area (Å²) in [6.07, 6.45) is 3.48. The third-order valence-electron chi connectivity index (χ3n) is 6.18. The average Bonchev–Trinajstić information content (AvgIpc) is 3.42. The topological polar surface area (TPSA) is 62.2 Å². The van der Waals surface area contributed by atoms with Crippen molar-refractivity contribution in [2.45, 2.75) is 45.1 Å². The fraction of sp³-hybridized carbons (Fsp3) is 0.379. The molecule has 2 heterocycles. The van der Waals surface area contributed by atoms with Crippen LogP contribution in [0.4, 0.5) is 4.39 Å². The van der Waals surface area contributed by atoms with Gasteiger partial charge < -0.3 is 19.7 Å². The summed E-state index contributed by atoms with van der Waals surface area (Å²) in [4.78, 5) is 2.50. The highest BCUT2D eigenvalue weighted by atomic mass is 19.1. The zero-order valence-electron chi connectivity index (χ0n) is 20.6. The van der Waals surface area contributed by atoms with E-state index in [2.05, 4.69) is 11.8 Å². The van der Waals surface area contributed by atoms with E-state index in [1.54, 1.807) is 30.3 Å². The van der Waals surface area contributed by atoms with E-state index in [1.807, 2.05) is 43.3 Å². The molecule has 0 saturated carbocycles. The standard InChI is InChI=1S/C13H19NO.C10H11FO2.C6H6O/c1-12(14-9-5-6-10-14)11-15-13-7-3-2-4-8-13;1-6-4-5-13-8-3-2-7(12)10(11)9(6)8;7-6-4-2-1-3-5-6/h2-4,7-8,12H,5-6,9-11H2,1H3;2-3,6,12H,4-5H2,1H3;1-5,7H/t12-;6-;/m00./s1. The second-order valence-corrected chi connectivity index (χ2v) is 8.90. The summed E-state index contributed by atoms with van der Waals surface area (Å²) in [5.41, 5.74) is 0.506. The number of rotatable bonds is 4. The molecule has 3 aromatic carbocycles. The Kier molecular flexibility index (Phi) is 10.2. The summed E-state index contributed by atoms with van der Waals surface area (Å²) in [5.74, 6) is 1.15. The normalized spacial score (nSPS) is 17.5. The molecular weight excluding hydrogens is 445 g/mol. The summed E-state index contributed by atoms with van der Waals surface area (Å²) in [6, 6.07) is 22.2. The number of nitrogens with zero attached hydrogens (tertiary/aromatic N) is 1. The number of halogens is 1. The van der Waals surface area contributed by atoms with Gasteiger partial charge >= 0.3 is 0 Å². The smallest absolute Gasteiger partial charge is 0.171 e. The summed E-state index contributed by atoms with van der Waals surface area (Å²) < 4.78 is 24.4. The maximum Gasteiger partial charge on any atom is 0.171 e. The number of fused-ring (bicyclic) bond motifs is 1. The molecule has 2 atom stereocenters. The first kappa shape index (κ1) is 26.4. The number of hydrogen-bond donors (Lipinski definition) is 2. The molecule has 0 amide bonds. The molecule has 0 bridgehead atoms. The molecule has 2 aliphatic rings. The van der Waals surface area contributed by atoms with E-state index in [1.165, 1.54) is 32.0 Å². The van der Waals surface area contributed by atoms with Crippen molar-refractivity contribution in [2.75, 3.05) is 26.3 Å². The van der Waals surface area contributed by atoms with Crippen LogP contribution in [0.5, 0.6) is 23.0 Å². The first-order valence-electron chi connectivity index (χ1n) is 12.3. The lowest BCUT2D eigenvalue weighted by molar-refractivity contribution is 0.172. The van der Waals surface area contributed by atoms with Crippen LogP contribution < -0.4 is 9.47 Å². The van der Waals surface area contributed by atoms with Gasteiger partial charge in [0.1, 0.15) is 23.9 Å². The maximum absolute atomic E-state index is 13.4. The third-order valence-corrected chi connectivity index (χ3v) is 6.18. The van der Waals surface area contributed by atoms with Crippen molar-refractivity contribution in [3.05, 3.63) is 84.2 Å². The number of benzene rings is 3. The molecule has 0 unspecified atom stereocenters. The molecule has 5 rings (SSSR count). The minimum absolute atomic E-state index is 0.121. The molecule has 0 aromatic heterocycles. The molecule has 3 aromatic rings. The van der Waals surface area contributed by atoms with Gasteiger partial charge in [0.15, 0.2) is 11.6 Å². The van der Waals surface area contributed by atoms with Crippen molar-refractivity contribution in [1.29, 1.82) is 0 Å². The van der Waals surface area contributed by atoms with Crippen LogP contribution in [0.2, 0.25) is 0 Å². The highest BCUT2D eigenvalue weighted by molar-refractivity contribution is 5.44. The number of ether oxygens (including phenoxy) is 2. The Labute approximate surface area is 207 Å². The van der Waals surface area contributed by atoms with Crippen molar-refractivity contribution < 1.29 is 24.1 Å². The van der Waals surface area contributed by atoms with E-state index in [0.717, 1.165) is 18.8 Å². The lowest BCUT2D eigenvalue weighted by Crippen LogP contribution is -2.34. The number of likely N-dealkylation sites (tertiary alicyclic amines) is 1. The SMILES string of the molecule is C[C@@H](COc1ccccc1)N1CCCC1.C[C@H]1CCOc2ccc(O)c(F)c21.Oc1ccccc1. The quantitative estimate of drug-likeness (QED) is 0.454. The second-order valence-electron chi connectivity index (χ2n) is 8.90. The number of hydrogen-bond acceptors (Lipinski definition) is 5. The van der Waals surface area contributed by atoms with Gasteiger partial charge in [0.2, 0.25) is 0 Å². The van der Waals surface area contributed by atoms with E-state index in [-0.39, 0.29) is 11.7 Å². The average molecular weight is 482 g/mol. The Balaban J connectivity index is 0.000000156. The Morgan fingerprint density at radius 1 is 0.971 bits per heavy atom. The molecule has 35 heavy (non-hydrogen) atoms. The van der Waals surface area contributed by atoms with Crippen LogP contribution in [0.25, 0.3) is 0 Å². The van der Waals surface area contributed by atoms with Crippen molar-refractivity contribution in [1.82, 2.24) is 4.90 Å². The number of para-hydroxylation sites is 2.